The highest BCUT2D eigenvalue weighted by molar-refractivity contribution is 5.77. The van der Waals surface area contributed by atoms with Crippen LogP contribution in [0.1, 0.15) is 19.2 Å². The smallest absolute Gasteiger partial charge is 0.331 e. The van der Waals surface area contributed by atoms with Crippen molar-refractivity contribution in [1.82, 2.24) is 29.2 Å². The zero-order valence-electron chi connectivity index (χ0n) is 14.6. The number of aromatic nitrogens is 6. The van der Waals surface area contributed by atoms with Crippen molar-refractivity contribution < 1.29 is 4.52 Å². The minimum absolute atomic E-state index is 0.0522. The lowest BCUT2D eigenvalue weighted by Gasteiger charge is -2.12. The summed E-state index contributed by atoms with van der Waals surface area (Å²) in [5.41, 5.74) is 0.305. The molecule has 3 heterocycles. The normalized spacial score (nSPS) is 11.1. The SMILES string of the molecule is CCCn1c(=O)c2ccccc2n(Cc2nc(-c3cnccn3)no2)c1=O. The Kier molecular flexibility index (Phi) is 4.33. The maximum Gasteiger partial charge on any atom is 0.331 e. The summed E-state index contributed by atoms with van der Waals surface area (Å²) in [4.78, 5) is 37.9. The largest absolute Gasteiger partial charge is 0.337 e. The van der Waals surface area contributed by atoms with Crippen LogP contribution in [0.25, 0.3) is 22.4 Å². The highest BCUT2D eigenvalue weighted by Crippen LogP contribution is 2.13. The number of nitrogens with zero attached hydrogens (tertiary/aromatic N) is 6. The van der Waals surface area contributed by atoms with Gasteiger partial charge in [0.2, 0.25) is 11.7 Å². The Morgan fingerprint density at radius 3 is 2.74 bits per heavy atom. The molecule has 0 aliphatic carbocycles. The van der Waals surface area contributed by atoms with Crippen LogP contribution in [0.3, 0.4) is 0 Å². The molecule has 4 rings (SSSR count). The van der Waals surface area contributed by atoms with E-state index in [1.807, 2.05) is 6.92 Å². The number of benzene rings is 1. The van der Waals surface area contributed by atoms with Crippen LogP contribution in [0.15, 0.2) is 57.0 Å². The van der Waals surface area contributed by atoms with Crippen molar-refractivity contribution >= 4 is 10.9 Å². The van der Waals surface area contributed by atoms with Crippen LogP contribution >= 0.6 is 0 Å². The molecule has 0 aliphatic rings. The van der Waals surface area contributed by atoms with Crippen molar-refractivity contribution in [3.8, 4) is 11.5 Å². The molecule has 136 valence electrons. The highest BCUT2D eigenvalue weighted by Gasteiger charge is 2.16. The van der Waals surface area contributed by atoms with Crippen LogP contribution in [0.2, 0.25) is 0 Å². The molecular weight excluding hydrogens is 348 g/mol. The van der Waals surface area contributed by atoms with Gasteiger partial charge in [-0.15, -0.1) is 0 Å². The monoisotopic (exact) mass is 364 g/mol. The molecule has 0 bridgehead atoms. The topological polar surface area (TPSA) is 109 Å². The second-order valence-electron chi connectivity index (χ2n) is 5.95. The van der Waals surface area contributed by atoms with Crippen LogP contribution in [-0.2, 0) is 13.1 Å². The molecule has 0 saturated heterocycles. The van der Waals surface area contributed by atoms with E-state index in [1.165, 1.54) is 21.5 Å². The molecule has 0 radical (unpaired) electrons. The lowest BCUT2D eigenvalue weighted by Crippen LogP contribution is -2.40. The average molecular weight is 364 g/mol. The van der Waals surface area contributed by atoms with Crippen LogP contribution < -0.4 is 11.2 Å². The van der Waals surface area contributed by atoms with Crippen molar-refractivity contribution in [2.24, 2.45) is 0 Å². The number of fused-ring (bicyclic) bond motifs is 1. The molecule has 9 heteroatoms. The summed E-state index contributed by atoms with van der Waals surface area (Å²) < 4.78 is 7.99. The minimum Gasteiger partial charge on any atom is -0.337 e. The predicted molar refractivity (Wildman–Crippen MR) is 97.2 cm³/mol. The van der Waals surface area contributed by atoms with Gasteiger partial charge < -0.3 is 4.52 Å². The molecule has 0 fully saturated rings. The van der Waals surface area contributed by atoms with Crippen molar-refractivity contribution in [3.63, 3.8) is 0 Å². The van der Waals surface area contributed by atoms with E-state index in [2.05, 4.69) is 20.1 Å². The quantitative estimate of drug-likeness (QED) is 0.527. The Labute approximate surface area is 152 Å². The molecule has 0 unspecified atom stereocenters. The first-order valence-electron chi connectivity index (χ1n) is 8.50. The molecule has 27 heavy (non-hydrogen) atoms. The third-order valence-electron chi connectivity index (χ3n) is 4.13. The van der Waals surface area contributed by atoms with Crippen molar-refractivity contribution in [1.29, 1.82) is 0 Å². The van der Waals surface area contributed by atoms with Gasteiger partial charge in [-0.3, -0.25) is 18.9 Å². The van der Waals surface area contributed by atoms with Gasteiger partial charge in [-0.05, 0) is 18.6 Å². The Hall–Kier alpha value is -3.62. The highest BCUT2D eigenvalue weighted by atomic mass is 16.5. The van der Waals surface area contributed by atoms with E-state index in [0.29, 0.717) is 29.6 Å². The summed E-state index contributed by atoms with van der Waals surface area (Å²) in [5, 5.41) is 4.37. The summed E-state index contributed by atoms with van der Waals surface area (Å²) >= 11 is 0. The Morgan fingerprint density at radius 1 is 1.11 bits per heavy atom. The number of rotatable bonds is 5. The van der Waals surface area contributed by atoms with Crippen LogP contribution in [0.4, 0.5) is 0 Å². The molecule has 0 spiro atoms. The van der Waals surface area contributed by atoms with Gasteiger partial charge in [-0.1, -0.05) is 24.2 Å². The molecule has 0 amide bonds. The van der Waals surface area contributed by atoms with E-state index in [9.17, 15) is 9.59 Å². The summed E-state index contributed by atoms with van der Waals surface area (Å²) in [6.07, 6.45) is 5.28. The number of para-hydroxylation sites is 1. The van der Waals surface area contributed by atoms with Crippen molar-refractivity contribution in [2.45, 2.75) is 26.4 Å². The molecular formula is C18H16N6O3. The second-order valence-corrected chi connectivity index (χ2v) is 5.95. The fourth-order valence-corrected chi connectivity index (χ4v) is 2.92. The van der Waals surface area contributed by atoms with Crippen LogP contribution in [0, 0.1) is 0 Å². The van der Waals surface area contributed by atoms with E-state index >= 15 is 0 Å². The maximum absolute atomic E-state index is 12.9. The van der Waals surface area contributed by atoms with E-state index in [0.717, 1.165) is 0 Å². The zero-order valence-corrected chi connectivity index (χ0v) is 14.6. The van der Waals surface area contributed by atoms with Gasteiger partial charge in [-0.25, -0.2) is 9.78 Å². The third kappa shape index (κ3) is 3.03. The Bertz CT molecular complexity index is 1210. The number of hydrogen-bond acceptors (Lipinski definition) is 7. The molecule has 0 atom stereocenters. The van der Waals surface area contributed by atoms with Gasteiger partial charge in [0.1, 0.15) is 12.2 Å². The molecule has 3 aromatic heterocycles. The fourth-order valence-electron chi connectivity index (χ4n) is 2.92. The Morgan fingerprint density at radius 2 is 1.96 bits per heavy atom. The lowest BCUT2D eigenvalue weighted by molar-refractivity contribution is 0.369. The van der Waals surface area contributed by atoms with Gasteiger partial charge in [0.25, 0.3) is 5.56 Å². The first kappa shape index (κ1) is 16.8. The van der Waals surface area contributed by atoms with Gasteiger partial charge >= 0.3 is 5.69 Å². The zero-order chi connectivity index (χ0) is 18.8. The molecule has 9 nitrogen and oxygen atoms in total. The second kappa shape index (κ2) is 6.94. The summed E-state index contributed by atoms with van der Waals surface area (Å²) in [6.45, 7) is 2.31. The van der Waals surface area contributed by atoms with Crippen molar-refractivity contribution in [2.75, 3.05) is 0 Å². The van der Waals surface area contributed by atoms with Gasteiger partial charge in [0, 0.05) is 18.9 Å². The fraction of sp³-hybridized carbons (Fsp3) is 0.222. The molecule has 1 aromatic carbocycles. The van der Waals surface area contributed by atoms with E-state index in [1.54, 1.807) is 30.5 Å². The first-order valence-corrected chi connectivity index (χ1v) is 8.50. The standard InChI is InChI=1S/C18H16N6O3/c1-2-9-23-17(25)12-5-3-4-6-14(12)24(18(23)26)11-15-21-16(22-27-15)13-10-19-7-8-20-13/h3-8,10H,2,9,11H2,1H3. The van der Waals surface area contributed by atoms with Gasteiger partial charge in [-0.2, -0.15) is 4.98 Å². The molecule has 0 aliphatic heterocycles. The van der Waals surface area contributed by atoms with Gasteiger partial charge in [0.05, 0.1) is 17.1 Å². The molecule has 0 N–H and O–H groups in total. The van der Waals surface area contributed by atoms with Crippen LogP contribution in [-0.4, -0.2) is 29.2 Å². The summed E-state index contributed by atoms with van der Waals surface area (Å²) in [6, 6.07) is 6.99. The van der Waals surface area contributed by atoms with E-state index in [4.69, 9.17) is 4.52 Å². The van der Waals surface area contributed by atoms with Crippen molar-refractivity contribution in [3.05, 3.63) is 69.6 Å². The lowest BCUT2D eigenvalue weighted by atomic mass is 10.2. The average Bonchev–Trinajstić information content (AvgIpc) is 3.18. The van der Waals surface area contributed by atoms with Crippen LogP contribution in [0.5, 0.6) is 0 Å². The summed E-state index contributed by atoms with van der Waals surface area (Å²) in [5.74, 6) is 0.530. The van der Waals surface area contributed by atoms with Gasteiger partial charge in [0.15, 0.2) is 0 Å². The Balaban J connectivity index is 1.82. The summed E-state index contributed by atoms with van der Waals surface area (Å²) in [7, 11) is 0. The first-order chi connectivity index (χ1) is 13.2. The predicted octanol–water partition coefficient (Wildman–Crippen LogP) is 1.46. The third-order valence-corrected chi connectivity index (χ3v) is 4.13. The number of hydrogen-bond donors (Lipinski definition) is 0. The molecule has 0 saturated carbocycles. The van der Waals surface area contributed by atoms with E-state index < -0.39 is 5.69 Å². The maximum atomic E-state index is 12.9. The van der Waals surface area contributed by atoms with E-state index in [-0.39, 0.29) is 23.8 Å². The molecule has 4 aromatic rings. The minimum atomic E-state index is -0.403.